The van der Waals surface area contributed by atoms with E-state index in [9.17, 15) is 4.79 Å². The van der Waals surface area contributed by atoms with Gasteiger partial charge in [-0.05, 0) is 18.6 Å². The quantitative estimate of drug-likeness (QED) is 0.726. The molecule has 1 heterocycles. The van der Waals surface area contributed by atoms with E-state index in [-0.39, 0.29) is 11.3 Å². The normalized spacial score (nSPS) is 33.2. The molecule has 1 fully saturated rings. The summed E-state index contributed by atoms with van der Waals surface area (Å²) in [5.41, 5.74) is -0.255. The summed E-state index contributed by atoms with van der Waals surface area (Å²) in [5, 5.41) is 8.75. The molecular weight excluding hydrogens is 156 g/mol. The number of hydrogen-bond donors (Lipinski definition) is 1. The van der Waals surface area contributed by atoms with Crippen molar-refractivity contribution in [3.05, 3.63) is 24.2 Å². The van der Waals surface area contributed by atoms with Crippen molar-refractivity contribution in [2.45, 2.75) is 18.8 Å². The predicted octanol–water partition coefficient (Wildman–Crippen LogP) is 1.64. The minimum absolute atomic E-state index is 0.255. The third-order valence-corrected chi connectivity index (χ3v) is 2.62. The van der Waals surface area contributed by atoms with Crippen LogP contribution in [-0.2, 0) is 10.2 Å². The molecule has 2 unspecified atom stereocenters. The number of furan rings is 1. The van der Waals surface area contributed by atoms with Crippen molar-refractivity contribution in [2.75, 3.05) is 0 Å². The molecule has 1 saturated carbocycles. The van der Waals surface area contributed by atoms with Crippen LogP contribution in [0.3, 0.4) is 0 Å². The fourth-order valence-electron chi connectivity index (χ4n) is 1.60. The molecule has 1 aromatic rings. The fraction of sp³-hybridized carbons (Fsp3) is 0.444. The number of carboxylic acid groups (broad SMARTS) is 1. The molecule has 0 aliphatic heterocycles. The molecule has 64 valence electrons. The Kier molecular flexibility index (Phi) is 1.31. The molecule has 3 nitrogen and oxygen atoms in total. The lowest BCUT2D eigenvalue weighted by atomic mass is 10.0. The van der Waals surface area contributed by atoms with Gasteiger partial charge in [-0.1, -0.05) is 6.92 Å². The molecule has 0 aromatic carbocycles. The third-order valence-electron chi connectivity index (χ3n) is 2.62. The Hall–Kier alpha value is -1.25. The standard InChI is InChI=1S/C9H10O3/c1-9(5-6(9)8(10)11)7-3-2-4-12-7/h2-4,6H,5H2,1H3,(H,10,11). The van der Waals surface area contributed by atoms with Gasteiger partial charge in [0.25, 0.3) is 0 Å². The monoisotopic (exact) mass is 166 g/mol. The molecule has 0 amide bonds. The highest BCUT2D eigenvalue weighted by atomic mass is 16.4. The number of rotatable bonds is 2. The second-order valence-electron chi connectivity index (χ2n) is 3.49. The summed E-state index contributed by atoms with van der Waals surface area (Å²) in [5.74, 6) is -0.201. The van der Waals surface area contributed by atoms with E-state index in [1.165, 1.54) is 0 Å². The number of carboxylic acids is 1. The minimum atomic E-state index is -0.728. The van der Waals surface area contributed by atoms with Crippen LogP contribution in [0, 0.1) is 5.92 Å². The van der Waals surface area contributed by atoms with E-state index in [0.717, 1.165) is 5.76 Å². The van der Waals surface area contributed by atoms with Crippen molar-refractivity contribution < 1.29 is 14.3 Å². The van der Waals surface area contributed by atoms with Gasteiger partial charge in [-0.2, -0.15) is 0 Å². The van der Waals surface area contributed by atoms with Crippen molar-refractivity contribution >= 4 is 5.97 Å². The Morgan fingerprint density at radius 2 is 2.58 bits per heavy atom. The Bertz CT molecular complexity index is 302. The van der Waals surface area contributed by atoms with Crippen LogP contribution < -0.4 is 0 Å². The van der Waals surface area contributed by atoms with Crippen LogP contribution in [0.4, 0.5) is 0 Å². The van der Waals surface area contributed by atoms with Crippen molar-refractivity contribution in [1.29, 1.82) is 0 Å². The Morgan fingerprint density at radius 1 is 1.83 bits per heavy atom. The van der Waals surface area contributed by atoms with Gasteiger partial charge in [0.15, 0.2) is 0 Å². The van der Waals surface area contributed by atoms with Crippen LogP contribution in [0.25, 0.3) is 0 Å². The van der Waals surface area contributed by atoms with Crippen molar-refractivity contribution in [1.82, 2.24) is 0 Å². The lowest BCUT2D eigenvalue weighted by Gasteiger charge is -2.03. The van der Waals surface area contributed by atoms with Gasteiger partial charge in [-0.15, -0.1) is 0 Å². The molecule has 1 aliphatic carbocycles. The van der Waals surface area contributed by atoms with E-state index in [4.69, 9.17) is 9.52 Å². The summed E-state index contributed by atoms with van der Waals surface area (Å²) >= 11 is 0. The van der Waals surface area contributed by atoms with E-state index in [2.05, 4.69) is 0 Å². The third kappa shape index (κ3) is 0.858. The fourth-order valence-corrected chi connectivity index (χ4v) is 1.60. The van der Waals surface area contributed by atoms with Crippen LogP contribution in [0.15, 0.2) is 22.8 Å². The van der Waals surface area contributed by atoms with Gasteiger partial charge in [0.1, 0.15) is 5.76 Å². The van der Waals surface area contributed by atoms with E-state index in [1.54, 1.807) is 12.3 Å². The number of hydrogen-bond acceptors (Lipinski definition) is 2. The first kappa shape index (κ1) is 7.40. The molecule has 3 heteroatoms. The molecular formula is C9H10O3. The zero-order chi connectivity index (χ0) is 8.77. The minimum Gasteiger partial charge on any atom is -0.481 e. The molecule has 2 atom stereocenters. The second kappa shape index (κ2) is 2.12. The maximum absolute atomic E-state index is 10.6. The van der Waals surface area contributed by atoms with Gasteiger partial charge in [0.2, 0.25) is 0 Å². The average Bonchev–Trinajstić information content (AvgIpc) is 2.52. The molecule has 1 aromatic heterocycles. The summed E-state index contributed by atoms with van der Waals surface area (Å²) in [6, 6.07) is 3.63. The Balaban J connectivity index is 2.23. The van der Waals surface area contributed by atoms with Crippen molar-refractivity contribution in [2.24, 2.45) is 5.92 Å². The van der Waals surface area contributed by atoms with Crippen LogP contribution in [0.1, 0.15) is 19.1 Å². The maximum atomic E-state index is 10.6. The first-order chi connectivity index (χ1) is 5.64. The lowest BCUT2D eigenvalue weighted by Crippen LogP contribution is -2.09. The zero-order valence-corrected chi connectivity index (χ0v) is 6.78. The summed E-state index contributed by atoms with van der Waals surface area (Å²) in [7, 11) is 0. The largest absolute Gasteiger partial charge is 0.481 e. The Morgan fingerprint density at radius 3 is 3.00 bits per heavy atom. The van der Waals surface area contributed by atoms with Gasteiger partial charge < -0.3 is 9.52 Å². The maximum Gasteiger partial charge on any atom is 0.307 e. The SMILES string of the molecule is CC1(c2ccco2)CC1C(=O)O. The van der Waals surface area contributed by atoms with E-state index in [1.807, 2.05) is 13.0 Å². The molecule has 0 bridgehead atoms. The number of carbonyl (C=O) groups is 1. The highest BCUT2D eigenvalue weighted by Crippen LogP contribution is 2.54. The lowest BCUT2D eigenvalue weighted by molar-refractivity contribution is -0.139. The zero-order valence-electron chi connectivity index (χ0n) is 6.78. The van der Waals surface area contributed by atoms with E-state index in [0.29, 0.717) is 6.42 Å². The van der Waals surface area contributed by atoms with Crippen molar-refractivity contribution in [3.63, 3.8) is 0 Å². The Labute approximate surface area is 70.0 Å². The second-order valence-corrected chi connectivity index (χ2v) is 3.49. The predicted molar refractivity (Wildman–Crippen MR) is 41.8 cm³/mol. The summed E-state index contributed by atoms with van der Waals surface area (Å²) < 4.78 is 5.18. The summed E-state index contributed by atoms with van der Waals surface area (Å²) in [4.78, 5) is 10.6. The van der Waals surface area contributed by atoms with E-state index >= 15 is 0 Å². The van der Waals surface area contributed by atoms with E-state index < -0.39 is 5.97 Å². The smallest absolute Gasteiger partial charge is 0.307 e. The first-order valence-electron chi connectivity index (χ1n) is 3.91. The van der Waals surface area contributed by atoms with Gasteiger partial charge >= 0.3 is 5.97 Å². The average molecular weight is 166 g/mol. The molecule has 2 rings (SSSR count). The van der Waals surface area contributed by atoms with Crippen LogP contribution in [0.2, 0.25) is 0 Å². The van der Waals surface area contributed by atoms with Gasteiger partial charge in [0.05, 0.1) is 12.2 Å². The highest BCUT2D eigenvalue weighted by molar-refractivity contribution is 5.76. The topological polar surface area (TPSA) is 50.4 Å². The van der Waals surface area contributed by atoms with Crippen LogP contribution >= 0.6 is 0 Å². The molecule has 0 radical (unpaired) electrons. The van der Waals surface area contributed by atoms with Crippen LogP contribution in [-0.4, -0.2) is 11.1 Å². The molecule has 0 spiro atoms. The van der Waals surface area contributed by atoms with Crippen LogP contribution in [0.5, 0.6) is 0 Å². The van der Waals surface area contributed by atoms with Gasteiger partial charge in [-0.25, -0.2) is 0 Å². The summed E-state index contributed by atoms with van der Waals surface area (Å²) in [6.45, 7) is 1.92. The molecule has 1 aliphatic rings. The number of aliphatic carboxylic acids is 1. The molecule has 12 heavy (non-hydrogen) atoms. The van der Waals surface area contributed by atoms with Gasteiger partial charge in [0, 0.05) is 5.41 Å². The van der Waals surface area contributed by atoms with Crippen molar-refractivity contribution in [3.8, 4) is 0 Å². The first-order valence-corrected chi connectivity index (χ1v) is 3.91. The molecule has 1 N–H and O–H groups in total. The van der Waals surface area contributed by atoms with Gasteiger partial charge in [-0.3, -0.25) is 4.79 Å². The highest BCUT2D eigenvalue weighted by Gasteiger charge is 2.57. The summed E-state index contributed by atoms with van der Waals surface area (Å²) in [6.07, 6.45) is 2.27. The molecule has 0 saturated heterocycles.